The van der Waals surface area contributed by atoms with Crippen molar-refractivity contribution >= 4 is 6.08 Å². The van der Waals surface area contributed by atoms with E-state index in [-0.39, 0.29) is 0 Å². The Morgan fingerprint density at radius 2 is 2.14 bits per heavy atom. The summed E-state index contributed by atoms with van der Waals surface area (Å²) in [5, 5.41) is 0. The Kier molecular flexibility index (Phi) is 1.52. The van der Waals surface area contributed by atoms with Gasteiger partial charge in [-0.1, -0.05) is 18.2 Å². The van der Waals surface area contributed by atoms with Crippen molar-refractivity contribution in [2.75, 3.05) is 0 Å². The third-order valence-corrected chi connectivity index (χ3v) is 2.59. The van der Waals surface area contributed by atoms with Crippen molar-refractivity contribution in [2.45, 2.75) is 6.54 Å². The van der Waals surface area contributed by atoms with E-state index in [0.717, 1.165) is 12.2 Å². The van der Waals surface area contributed by atoms with Crippen molar-refractivity contribution in [3.05, 3.63) is 65.5 Å². The summed E-state index contributed by atoms with van der Waals surface area (Å²) in [6, 6.07) is 8.49. The molecule has 0 bridgehead atoms. The zero-order valence-electron chi connectivity index (χ0n) is 7.77. The predicted molar refractivity (Wildman–Crippen MR) is 56.9 cm³/mol. The highest BCUT2D eigenvalue weighted by Crippen LogP contribution is 2.26. The SMILES string of the molecule is [C+]1=CC=CN2Cc3ccccc3C=C12. The lowest BCUT2D eigenvalue weighted by atomic mass is 10.0. The number of hydrogen-bond acceptors (Lipinski definition) is 1. The largest absolute Gasteiger partial charge is 0.303 e. The molecule has 0 spiro atoms. The molecule has 2 heterocycles. The topological polar surface area (TPSA) is 3.24 Å². The maximum Gasteiger partial charge on any atom is 0.210 e. The van der Waals surface area contributed by atoms with E-state index in [1.54, 1.807) is 0 Å². The summed E-state index contributed by atoms with van der Waals surface area (Å²) in [5.41, 5.74) is 3.85. The summed E-state index contributed by atoms with van der Waals surface area (Å²) < 4.78 is 0. The molecule has 0 aliphatic carbocycles. The molecule has 66 valence electrons. The predicted octanol–water partition coefficient (Wildman–Crippen LogP) is 2.73. The van der Waals surface area contributed by atoms with Crippen LogP contribution in [0, 0.1) is 6.08 Å². The first kappa shape index (κ1) is 7.54. The summed E-state index contributed by atoms with van der Waals surface area (Å²) in [4.78, 5) is 2.21. The number of fused-ring (bicyclic) bond motifs is 2. The van der Waals surface area contributed by atoms with E-state index in [9.17, 15) is 0 Å². The van der Waals surface area contributed by atoms with Gasteiger partial charge >= 0.3 is 0 Å². The molecule has 0 amide bonds. The highest BCUT2D eigenvalue weighted by molar-refractivity contribution is 5.61. The Balaban J connectivity index is 2.13. The molecule has 0 N–H and O–H groups in total. The van der Waals surface area contributed by atoms with Gasteiger partial charge in [0.15, 0.2) is 0 Å². The first-order valence-electron chi connectivity index (χ1n) is 4.76. The van der Waals surface area contributed by atoms with Gasteiger partial charge in [0.25, 0.3) is 0 Å². The molecule has 2 aliphatic heterocycles. The first-order chi connectivity index (χ1) is 6.93. The number of hydrogen-bond donors (Lipinski definition) is 0. The normalized spacial score (nSPS) is 16.9. The molecule has 14 heavy (non-hydrogen) atoms. The quantitative estimate of drug-likeness (QED) is 0.555. The van der Waals surface area contributed by atoms with Crippen LogP contribution in [0.4, 0.5) is 0 Å². The lowest BCUT2D eigenvalue weighted by molar-refractivity contribution is 0.463. The van der Waals surface area contributed by atoms with Crippen molar-refractivity contribution in [3.63, 3.8) is 0 Å². The standard InChI is InChI=1S/C13H10N/c1-2-6-12-10-14-8-4-3-7-13(14)9-11(12)5-1/h1-6,8-9H,10H2/q+1. The van der Waals surface area contributed by atoms with Gasteiger partial charge < -0.3 is 4.90 Å². The number of rotatable bonds is 0. The van der Waals surface area contributed by atoms with Gasteiger partial charge in [-0.2, -0.15) is 0 Å². The van der Waals surface area contributed by atoms with Crippen LogP contribution in [-0.2, 0) is 6.54 Å². The van der Waals surface area contributed by atoms with Gasteiger partial charge in [0.1, 0.15) is 6.08 Å². The van der Waals surface area contributed by atoms with Crippen LogP contribution in [0.25, 0.3) is 6.08 Å². The van der Waals surface area contributed by atoms with Gasteiger partial charge in [-0.15, -0.1) is 0 Å². The summed E-state index contributed by atoms with van der Waals surface area (Å²) >= 11 is 0. The summed E-state index contributed by atoms with van der Waals surface area (Å²) in [6.45, 7) is 0.958. The first-order valence-corrected chi connectivity index (χ1v) is 4.76. The molecule has 0 saturated carbocycles. The van der Waals surface area contributed by atoms with Crippen LogP contribution < -0.4 is 0 Å². The molecular weight excluding hydrogens is 170 g/mol. The van der Waals surface area contributed by atoms with Gasteiger partial charge in [-0.25, -0.2) is 0 Å². The van der Waals surface area contributed by atoms with E-state index < -0.39 is 0 Å². The monoisotopic (exact) mass is 180 g/mol. The van der Waals surface area contributed by atoms with Crippen LogP contribution in [0.15, 0.2) is 48.3 Å². The third-order valence-electron chi connectivity index (χ3n) is 2.59. The van der Waals surface area contributed by atoms with E-state index >= 15 is 0 Å². The second kappa shape index (κ2) is 2.83. The molecule has 0 atom stereocenters. The molecular formula is C13H10N+. The van der Waals surface area contributed by atoms with Crippen LogP contribution in [-0.4, -0.2) is 4.90 Å². The van der Waals surface area contributed by atoms with E-state index in [2.05, 4.69) is 47.5 Å². The molecule has 1 nitrogen and oxygen atoms in total. The molecule has 0 unspecified atom stereocenters. The molecule has 1 aromatic carbocycles. The highest BCUT2D eigenvalue weighted by Gasteiger charge is 2.21. The molecule has 0 radical (unpaired) electrons. The van der Waals surface area contributed by atoms with Crippen LogP contribution in [0.1, 0.15) is 11.1 Å². The average Bonchev–Trinajstić information content (AvgIpc) is 2.26. The molecule has 0 fully saturated rings. The number of benzene rings is 1. The van der Waals surface area contributed by atoms with Crippen molar-refractivity contribution < 1.29 is 0 Å². The van der Waals surface area contributed by atoms with Crippen molar-refractivity contribution in [2.24, 2.45) is 0 Å². The number of nitrogens with zero attached hydrogens (tertiary/aromatic N) is 1. The van der Waals surface area contributed by atoms with E-state index in [0.29, 0.717) is 0 Å². The molecule has 1 aromatic rings. The van der Waals surface area contributed by atoms with Gasteiger partial charge in [-0.05, 0) is 11.6 Å². The minimum atomic E-state index is 0.958. The lowest BCUT2D eigenvalue weighted by Crippen LogP contribution is -2.20. The van der Waals surface area contributed by atoms with Crippen LogP contribution in [0.3, 0.4) is 0 Å². The fourth-order valence-electron chi connectivity index (χ4n) is 1.86. The number of allylic oxidation sites excluding steroid dienone is 3. The minimum Gasteiger partial charge on any atom is -0.303 e. The fourth-order valence-corrected chi connectivity index (χ4v) is 1.86. The van der Waals surface area contributed by atoms with Crippen molar-refractivity contribution in [1.29, 1.82) is 0 Å². The van der Waals surface area contributed by atoms with E-state index in [1.165, 1.54) is 11.1 Å². The minimum absolute atomic E-state index is 0.958. The zero-order valence-corrected chi connectivity index (χ0v) is 7.77. The average molecular weight is 180 g/mol. The molecule has 2 aliphatic rings. The molecule has 1 heteroatoms. The fraction of sp³-hybridized carbons (Fsp3) is 0.0769. The van der Waals surface area contributed by atoms with Crippen molar-refractivity contribution in [3.8, 4) is 0 Å². The third kappa shape index (κ3) is 1.07. The van der Waals surface area contributed by atoms with E-state index in [1.807, 2.05) is 12.2 Å². The molecule has 3 rings (SSSR count). The molecule has 0 aromatic heterocycles. The Hall–Kier alpha value is -1.85. The summed E-state index contributed by atoms with van der Waals surface area (Å²) in [6.07, 6.45) is 11.5. The smallest absolute Gasteiger partial charge is 0.210 e. The lowest BCUT2D eigenvalue weighted by Gasteiger charge is -2.22. The zero-order chi connectivity index (χ0) is 9.38. The van der Waals surface area contributed by atoms with Crippen molar-refractivity contribution in [1.82, 2.24) is 4.90 Å². The second-order valence-electron chi connectivity index (χ2n) is 3.51. The Morgan fingerprint density at radius 3 is 3.14 bits per heavy atom. The summed E-state index contributed by atoms with van der Waals surface area (Å²) in [7, 11) is 0. The van der Waals surface area contributed by atoms with Gasteiger partial charge in [0.05, 0.1) is 31.0 Å². The van der Waals surface area contributed by atoms with Crippen LogP contribution >= 0.6 is 0 Å². The molecule has 0 saturated heterocycles. The van der Waals surface area contributed by atoms with Gasteiger partial charge in [-0.3, -0.25) is 0 Å². The maximum absolute atomic E-state index is 3.24. The maximum atomic E-state index is 3.24. The Labute approximate surface area is 83.7 Å². The van der Waals surface area contributed by atoms with E-state index in [4.69, 9.17) is 0 Å². The summed E-state index contributed by atoms with van der Waals surface area (Å²) in [5.74, 6) is 0. The Bertz CT molecular complexity index is 452. The van der Waals surface area contributed by atoms with Crippen LogP contribution in [0.5, 0.6) is 0 Å². The van der Waals surface area contributed by atoms with Gasteiger partial charge in [0.2, 0.25) is 5.70 Å². The van der Waals surface area contributed by atoms with Crippen LogP contribution in [0.2, 0.25) is 0 Å². The van der Waals surface area contributed by atoms with Gasteiger partial charge in [0, 0.05) is 5.56 Å². The highest BCUT2D eigenvalue weighted by atomic mass is 15.1. The second-order valence-corrected chi connectivity index (χ2v) is 3.51. The Morgan fingerprint density at radius 1 is 1.21 bits per heavy atom.